The first-order valence-electron chi connectivity index (χ1n) is 8.21. The highest BCUT2D eigenvalue weighted by molar-refractivity contribution is 6.04. The van der Waals surface area contributed by atoms with Crippen LogP contribution in [0.5, 0.6) is 0 Å². The Balaban J connectivity index is 1.91. The van der Waals surface area contributed by atoms with E-state index in [0.717, 1.165) is 0 Å². The molecule has 8 heteroatoms. The van der Waals surface area contributed by atoms with E-state index in [1.807, 2.05) is 30.9 Å². The van der Waals surface area contributed by atoms with Gasteiger partial charge in [0.15, 0.2) is 11.5 Å². The van der Waals surface area contributed by atoms with Crippen molar-refractivity contribution in [2.75, 3.05) is 11.4 Å². The monoisotopic (exact) mass is 352 g/mol. The molecule has 2 amide bonds. The van der Waals surface area contributed by atoms with Gasteiger partial charge in [0, 0.05) is 25.0 Å². The lowest BCUT2D eigenvalue weighted by Gasteiger charge is -2.22. The summed E-state index contributed by atoms with van der Waals surface area (Å²) >= 11 is 0. The van der Waals surface area contributed by atoms with Crippen LogP contribution in [-0.2, 0) is 4.79 Å². The molecule has 0 saturated heterocycles. The molecule has 0 spiro atoms. The van der Waals surface area contributed by atoms with Crippen molar-refractivity contribution in [3.63, 3.8) is 0 Å². The van der Waals surface area contributed by atoms with Gasteiger partial charge in [-0.05, 0) is 26.0 Å². The maximum absolute atomic E-state index is 12.3. The van der Waals surface area contributed by atoms with Gasteiger partial charge in [-0.15, -0.1) is 0 Å². The molecule has 0 aliphatic carbocycles. The van der Waals surface area contributed by atoms with E-state index >= 15 is 0 Å². The molecule has 0 radical (unpaired) electrons. The van der Waals surface area contributed by atoms with Gasteiger partial charge in [0.25, 0.3) is 5.91 Å². The lowest BCUT2D eigenvalue weighted by Crippen LogP contribution is -2.30. The number of carbonyl (C=O) groups is 2. The molecule has 1 aliphatic heterocycles. The highest BCUT2D eigenvalue weighted by Crippen LogP contribution is 2.20. The van der Waals surface area contributed by atoms with Gasteiger partial charge in [0.1, 0.15) is 5.52 Å². The van der Waals surface area contributed by atoms with Gasteiger partial charge in [-0.1, -0.05) is 12.7 Å². The van der Waals surface area contributed by atoms with E-state index in [-0.39, 0.29) is 17.9 Å². The van der Waals surface area contributed by atoms with Crippen molar-refractivity contribution < 1.29 is 9.59 Å². The van der Waals surface area contributed by atoms with E-state index in [4.69, 9.17) is 0 Å². The number of aromatic amines is 1. The van der Waals surface area contributed by atoms with Crippen molar-refractivity contribution in [1.82, 2.24) is 25.6 Å². The van der Waals surface area contributed by atoms with Crippen LogP contribution < -0.4 is 15.5 Å². The van der Waals surface area contributed by atoms with Crippen molar-refractivity contribution in [2.45, 2.75) is 19.9 Å². The predicted octanol–water partition coefficient (Wildman–Crippen LogP) is 1.62. The number of carbonyl (C=O) groups excluding carboxylic acids is 2. The topological polar surface area (TPSA) is 103 Å². The van der Waals surface area contributed by atoms with Crippen molar-refractivity contribution in [3.05, 3.63) is 54.7 Å². The van der Waals surface area contributed by atoms with Gasteiger partial charge in [-0.3, -0.25) is 9.59 Å². The Kier molecular flexibility index (Phi) is 4.83. The quantitative estimate of drug-likeness (QED) is 0.710. The maximum atomic E-state index is 12.3. The van der Waals surface area contributed by atoms with E-state index in [2.05, 4.69) is 32.2 Å². The van der Waals surface area contributed by atoms with Crippen molar-refractivity contribution in [3.8, 4) is 0 Å². The molecule has 2 aromatic heterocycles. The first-order valence-corrected chi connectivity index (χ1v) is 8.21. The van der Waals surface area contributed by atoms with E-state index in [1.165, 1.54) is 6.08 Å². The summed E-state index contributed by atoms with van der Waals surface area (Å²) in [6.45, 7) is 7.81. The lowest BCUT2D eigenvalue weighted by molar-refractivity contribution is -0.115. The average Bonchev–Trinajstić information content (AvgIpc) is 3.04. The van der Waals surface area contributed by atoms with Crippen LogP contribution in [0, 0.1) is 0 Å². The molecule has 26 heavy (non-hydrogen) atoms. The molecule has 3 heterocycles. The molecule has 0 bridgehead atoms. The Morgan fingerprint density at radius 3 is 2.96 bits per heavy atom. The van der Waals surface area contributed by atoms with Crippen LogP contribution >= 0.6 is 0 Å². The summed E-state index contributed by atoms with van der Waals surface area (Å²) < 4.78 is 0. The predicted molar refractivity (Wildman–Crippen MR) is 99.4 cm³/mol. The second kappa shape index (κ2) is 7.22. The SMILES string of the molecule is C=CC(=O)NC1=CN(c2cnc3[nH]cc(C(=O)NC(C)C)c3n2)CC=C1. The number of fused-ring (bicyclic) bond motifs is 1. The number of allylic oxidation sites excluding steroid dienone is 1. The number of aromatic nitrogens is 3. The van der Waals surface area contributed by atoms with E-state index in [9.17, 15) is 9.59 Å². The minimum atomic E-state index is -0.289. The molecule has 8 nitrogen and oxygen atoms in total. The molecular weight excluding hydrogens is 332 g/mol. The third-order valence-corrected chi connectivity index (χ3v) is 3.67. The van der Waals surface area contributed by atoms with E-state index in [1.54, 1.807) is 18.6 Å². The Hall–Kier alpha value is -3.42. The maximum Gasteiger partial charge on any atom is 0.255 e. The molecule has 134 valence electrons. The second-order valence-electron chi connectivity index (χ2n) is 6.09. The molecule has 3 N–H and O–H groups in total. The van der Waals surface area contributed by atoms with Gasteiger partial charge in [-0.25, -0.2) is 9.97 Å². The first kappa shape index (κ1) is 17.4. The number of H-pyrrole nitrogens is 1. The van der Waals surface area contributed by atoms with Crippen LogP contribution in [0.1, 0.15) is 24.2 Å². The van der Waals surface area contributed by atoms with Crippen LogP contribution in [0.15, 0.2) is 49.1 Å². The fourth-order valence-corrected chi connectivity index (χ4v) is 2.52. The summed E-state index contributed by atoms with van der Waals surface area (Å²) in [6.07, 6.45) is 9.89. The molecule has 0 aromatic carbocycles. The summed E-state index contributed by atoms with van der Waals surface area (Å²) in [5.74, 6) is 0.0821. The molecule has 0 unspecified atom stereocenters. The number of nitrogens with zero attached hydrogens (tertiary/aromatic N) is 3. The minimum Gasteiger partial charge on any atom is -0.350 e. The molecule has 3 rings (SSSR count). The molecule has 0 atom stereocenters. The number of rotatable bonds is 5. The Morgan fingerprint density at radius 2 is 2.23 bits per heavy atom. The molecule has 2 aromatic rings. The zero-order valence-corrected chi connectivity index (χ0v) is 14.6. The third-order valence-electron chi connectivity index (χ3n) is 3.67. The fraction of sp³-hybridized carbons (Fsp3) is 0.222. The fourth-order valence-electron chi connectivity index (χ4n) is 2.52. The van der Waals surface area contributed by atoms with Gasteiger partial charge >= 0.3 is 0 Å². The van der Waals surface area contributed by atoms with Crippen LogP contribution in [0.4, 0.5) is 5.82 Å². The number of anilines is 1. The van der Waals surface area contributed by atoms with Gasteiger partial charge < -0.3 is 20.5 Å². The Labute approximate surface area is 150 Å². The van der Waals surface area contributed by atoms with Crippen molar-refractivity contribution >= 4 is 28.8 Å². The Morgan fingerprint density at radius 1 is 1.42 bits per heavy atom. The normalized spacial score (nSPS) is 13.7. The van der Waals surface area contributed by atoms with Crippen molar-refractivity contribution in [2.24, 2.45) is 0 Å². The smallest absolute Gasteiger partial charge is 0.255 e. The number of amides is 2. The van der Waals surface area contributed by atoms with Gasteiger partial charge in [0.2, 0.25) is 5.91 Å². The van der Waals surface area contributed by atoms with Gasteiger partial charge in [0.05, 0.1) is 17.5 Å². The van der Waals surface area contributed by atoms with Crippen LogP contribution in [-0.4, -0.2) is 39.4 Å². The molecule has 1 aliphatic rings. The molecule has 0 fully saturated rings. The largest absolute Gasteiger partial charge is 0.350 e. The zero-order chi connectivity index (χ0) is 18.7. The van der Waals surface area contributed by atoms with Gasteiger partial charge in [-0.2, -0.15) is 0 Å². The van der Waals surface area contributed by atoms with Crippen LogP contribution in [0.25, 0.3) is 11.2 Å². The Bertz CT molecular complexity index is 925. The lowest BCUT2D eigenvalue weighted by atomic mass is 10.2. The van der Waals surface area contributed by atoms with E-state index < -0.39 is 0 Å². The summed E-state index contributed by atoms with van der Waals surface area (Å²) in [6, 6.07) is 0.0230. The summed E-state index contributed by atoms with van der Waals surface area (Å²) in [4.78, 5) is 37.5. The standard InChI is InChI=1S/C18H20N6O2/c1-4-15(25)22-12-6-5-7-24(10-12)14-9-20-17-16(23-14)13(8-19-17)18(26)21-11(2)3/h4-6,8-11H,1,7H2,2-3H3,(H,19,20)(H,21,26)(H,22,25). The number of hydrogen-bond acceptors (Lipinski definition) is 5. The average molecular weight is 352 g/mol. The van der Waals surface area contributed by atoms with Crippen molar-refractivity contribution in [1.29, 1.82) is 0 Å². The third kappa shape index (κ3) is 3.64. The number of nitrogens with one attached hydrogen (secondary N) is 3. The highest BCUT2D eigenvalue weighted by atomic mass is 16.2. The number of hydrogen-bond donors (Lipinski definition) is 3. The minimum absolute atomic E-state index is 0.0230. The second-order valence-corrected chi connectivity index (χ2v) is 6.09. The van der Waals surface area contributed by atoms with Crippen LogP contribution in [0.3, 0.4) is 0 Å². The summed E-state index contributed by atoms with van der Waals surface area (Å²) in [7, 11) is 0. The van der Waals surface area contributed by atoms with Crippen LogP contribution in [0.2, 0.25) is 0 Å². The first-order chi connectivity index (χ1) is 12.5. The van der Waals surface area contributed by atoms with E-state index in [0.29, 0.717) is 34.8 Å². The zero-order valence-electron chi connectivity index (χ0n) is 14.6. The molecule has 0 saturated carbocycles. The summed E-state index contributed by atoms with van der Waals surface area (Å²) in [5, 5.41) is 5.56. The highest BCUT2D eigenvalue weighted by Gasteiger charge is 2.17. The molecular formula is C18H20N6O2. The summed E-state index contributed by atoms with van der Waals surface area (Å²) in [5.41, 5.74) is 2.11.